The summed E-state index contributed by atoms with van der Waals surface area (Å²) in [5.74, 6) is 2.02. The van der Waals surface area contributed by atoms with E-state index in [9.17, 15) is 8.42 Å². The van der Waals surface area contributed by atoms with Gasteiger partial charge in [0.1, 0.15) is 0 Å². The molecule has 1 aromatic carbocycles. The fraction of sp³-hybridized carbons (Fsp3) is 0.625. The summed E-state index contributed by atoms with van der Waals surface area (Å²) in [6.07, 6.45) is 5.07. The van der Waals surface area contributed by atoms with E-state index < -0.39 is 10.0 Å². The molecule has 0 saturated heterocycles. The van der Waals surface area contributed by atoms with Gasteiger partial charge in [-0.05, 0) is 80.5 Å². The van der Waals surface area contributed by atoms with Crippen molar-refractivity contribution in [3.05, 3.63) is 23.3 Å². The predicted octanol–water partition coefficient (Wildman–Crippen LogP) is 2.60. The van der Waals surface area contributed by atoms with Crippen LogP contribution in [0.25, 0.3) is 0 Å². The Morgan fingerprint density at radius 3 is 2.05 bits per heavy atom. The number of sulfonamides is 1. The van der Waals surface area contributed by atoms with Crippen LogP contribution in [0.4, 0.5) is 5.69 Å². The molecule has 2 fully saturated rings. The molecule has 3 rings (SSSR count). The Morgan fingerprint density at radius 2 is 1.62 bits per heavy atom. The maximum Gasteiger partial charge on any atom is 0.241 e. The van der Waals surface area contributed by atoms with Gasteiger partial charge in [0.2, 0.25) is 10.0 Å². The molecule has 0 amide bonds. The fourth-order valence-electron chi connectivity index (χ4n) is 3.45. The van der Waals surface area contributed by atoms with E-state index in [0.717, 1.165) is 23.0 Å². The van der Waals surface area contributed by atoms with Crippen LogP contribution in [-0.2, 0) is 10.0 Å². The zero-order chi connectivity index (χ0) is 15.2. The predicted molar refractivity (Wildman–Crippen MR) is 84.5 cm³/mol. The van der Waals surface area contributed by atoms with Gasteiger partial charge in [-0.25, -0.2) is 13.1 Å². The summed E-state index contributed by atoms with van der Waals surface area (Å²) in [5, 5.41) is 0. The number of hydrogen-bond donors (Lipinski definition) is 2. The van der Waals surface area contributed by atoms with Crippen LogP contribution >= 0.6 is 0 Å². The lowest BCUT2D eigenvalue weighted by molar-refractivity contribution is 0.401. The Labute approximate surface area is 127 Å². The second-order valence-electron chi connectivity index (χ2n) is 6.67. The molecule has 0 bridgehead atoms. The van der Waals surface area contributed by atoms with Crippen LogP contribution in [0, 0.1) is 31.6 Å². The number of benzene rings is 1. The van der Waals surface area contributed by atoms with E-state index in [2.05, 4.69) is 4.72 Å². The molecule has 0 aliphatic heterocycles. The van der Waals surface area contributed by atoms with E-state index in [0.29, 0.717) is 23.0 Å². The average Bonchev–Trinajstić information content (AvgIpc) is 3.22. The topological polar surface area (TPSA) is 72.2 Å². The minimum Gasteiger partial charge on any atom is -0.399 e. The number of hydrogen-bond acceptors (Lipinski definition) is 3. The third-order valence-electron chi connectivity index (χ3n) is 4.72. The van der Waals surface area contributed by atoms with E-state index in [1.807, 2.05) is 0 Å². The summed E-state index contributed by atoms with van der Waals surface area (Å²) in [4.78, 5) is 0.391. The van der Waals surface area contributed by atoms with Gasteiger partial charge in [0.15, 0.2) is 0 Å². The molecule has 1 aromatic rings. The van der Waals surface area contributed by atoms with Crippen molar-refractivity contribution in [3.63, 3.8) is 0 Å². The molecule has 0 heterocycles. The van der Waals surface area contributed by atoms with Crippen molar-refractivity contribution in [1.82, 2.24) is 4.72 Å². The summed E-state index contributed by atoms with van der Waals surface area (Å²) in [5.41, 5.74) is 7.82. The smallest absolute Gasteiger partial charge is 0.241 e. The van der Waals surface area contributed by atoms with Gasteiger partial charge >= 0.3 is 0 Å². The number of nitrogen functional groups attached to an aromatic ring is 1. The SMILES string of the molecule is Cc1cc(N)cc(C)c1S(=O)(=O)NCC(C1CC1)C1CC1. The van der Waals surface area contributed by atoms with Crippen molar-refractivity contribution in [2.24, 2.45) is 17.8 Å². The zero-order valence-electron chi connectivity index (χ0n) is 12.7. The molecule has 2 aliphatic carbocycles. The lowest BCUT2D eigenvalue weighted by Crippen LogP contribution is -2.32. The zero-order valence-corrected chi connectivity index (χ0v) is 13.5. The molecule has 0 aromatic heterocycles. The van der Waals surface area contributed by atoms with Crippen molar-refractivity contribution in [1.29, 1.82) is 0 Å². The largest absolute Gasteiger partial charge is 0.399 e. The van der Waals surface area contributed by atoms with E-state index in [-0.39, 0.29) is 0 Å². The normalized spacial score (nSPS) is 19.2. The molecule has 0 unspecified atom stereocenters. The first-order valence-electron chi connectivity index (χ1n) is 7.75. The van der Waals surface area contributed by atoms with Crippen LogP contribution in [0.3, 0.4) is 0 Å². The van der Waals surface area contributed by atoms with E-state index in [1.54, 1.807) is 26.0 Å². The monoisotopic (exact) mass is 308 g/mol. The third-order valence-corrected chi connectivity index (χ3v) is 6.44. The molecule has 2 aliphatic rings. The van der Waals surface area contributed by atoms with Gasteiger partial charge in [-0.15, -0.1) is 0 Å². The molecular weight excluding hydrogens is 284 g/mol. The van der Waals surface area contributed by atoms with E-state index in [4.69, 9.17) is 5.73 Å². The summed E-state index contributed by atoms with van der Waals surface area (Å²) in [6.45, 7) is 4.19. The van der Waals surface area contributed by atoms with Gasteiger partial charge in [0, 0.05) is 12.2 Å². The van der Waals surface area contributed by atoms with Crippen molar-refractivity contribution in [3.8, 4) is 0 Å². The Bertz CT molecular complexity index is 611. The van der Waals surface area contributed by atoms with Crippen molar-refractivity contribution in [2.45, 2.75) is 44.4 Å². The highest BCUT2D eigenvalue weighted by Gasteiger charge is 2.41. The van der Waals surface area contributed by atoms with Crippen LogP contribution in [0.1, 0.15) is 36.8 Å². The molecule has 3 N–H and O–H groups in total. The van der Waals surface area contributed by atoms with Crippen LogP contribution in [0.5, 0.6) is 0 Å². The molecule has 0 atom stereocenters. The van der Waals surface area contributed by atoms with Gasteiger partial charge in [0.05, 0.1) is 4.90 Å². The van der Waals surface area contributed by atoms with Crippen molar-refractivity contribution in [2.75, 3.05) is 12.3 Å². The van der Waals surface area contributed by atoms with Crippen LogP contribution in [0.2, 0.25) is 0 Å². The van der Waals surface area contributed by atoms with Crippen molar-refractivity contribution >= 4 is 15.7 Å². The summed E-state index contributed by atoms with van der Waals surface area (Å²) >= 11 is 0. The molecule has 0 radical (unpaired) electrons. The van der Waals surface area contributed by atoms with Gasteiger partial charge in [-0.1, -0.05) is 0 Å². The number of nitrogens with one attached hydrogen (secondary N) is 1. The quantitative estimate of drug-likeness (QED) is 0.793. The molecule has 116 valence electrons. The molecule has 21 heavy (non-hydrogen) atoms. The highest BCUT2D eigenvalue weighted by Crippen LogP contribution is 2.48. The number of rotatable bonds is 6. The maximum atomic E-state index is 12.6. The first kappa shape index (κ1) is 14.9. The fourth-order valence-corrected chi connectivity index (χ4v) is 4.97. The number of aryl methyl sites for hydroxylation is 2. The summed E-state index contributed by atoms with van der Waals surface area (Å²) in [6, 6.07) is 3.45. The van der Waals surface area contributed by atoms with E-state index >= 15 is 0 Å². The number of anilines is 1. The third kappa shape index (κ3) is 3.24. The first-order chi connectivity index (χ1) is 9.88. The summed E-state index contributed by atoms with van der Waals surface area (Å²) in [7, 11) is -3.45. The lowest BCUT2D eigenvalue weighted by Gasteiger charge is -2.18. The Kier molecular flexibility index (Phi) is 3.74. The average molecular weight is 308 g/mol. The minimum absolute atomic E-state index is 0.391. The molecule has 5 heteroatoms. The second kappa shape index (κ2) is 5.29. The van der Waals surface area contributed by atoms with Crippen LogP contribution in [0.15, 0.2) is 17.0 Å². The molecular formula is C16H24N2O2S. The van der Waals surface area contributed by atoms with Gasteiger partial charge in [-0.2, -0.15) is 0 Å². The second-order valence-corrected chi connectivity index (χ2v) is 8.38. The standard InChI is InChI=1S/C16H24N2O2S/c1-10-7-14(17)8-11(2)16(10)21(19,20)18-9-15(12-3-4-12)13-5-6-13/h7-8,12-13,15,18H,3-6,9,17H2,1-2H3. The minimum atomic E-state index is -3.45. The van der Waals surface area contributed by atoms with Gasteiger partial charge in [0.25, 0.3) is 0 Å². The van der Waals surface area contributed by atoms with Crippen LogP contribution < -0.4 is 10.5 Å². The highest BCUT2D eigenvalue weighted by atomic mass is 32.2. The maximum absolute atomic E-state index is 12.6. The lowest BCUT2D eigenvalue weighted by atomic mass is 9.99. The van der Waals surface area contributed by atoms with E-state index in [1.165, 1.54) is 25.7 Å². The molecule has 2 saturated carbocycles. The van der Waals surface area contributed by atoms with Crippen molar-refractivity contribution < 1.29 is 8.42 Å². The Morgan fingerprint density at radius 1 is 1.14 bits per heavy atom. The molecule has 4 nitrogen and oxygen atoms in total. The Balaban J connectivity index is 1.77. The number of nitrogens with two attached hydrogens (primary N) is 1. The molecule has 0 spiro atoms. The summed E-state index contributed by atoms with van der Waals surface area (Å²) < 4.78 is 28.1. The highest BCUT2D eigenvalue weighted by molar-refractivity contribution is 7.89. The van der Waals surface area contributed by atoms with Gasteiger partial charge < -0.3 is 5.73 Å². The van der Waals surface area contributed by atoms with Gasteiger partial charge in [-0.3, -0.25) is 0 Å². The Hall–Kier alpha value is -1.07. The van der Waals surface area contributed by atoms with Crippen LogP contribution in [-0.4, -0.2) is 15.0 Å². The first-order valence-corrected chi connectivity index (χ1v) is 9.23.